The molecule has 0 aliphatic carbocycles. The van der Waals surface area contributed by atoms with E-state index in [0.29, 0.717) is 15.8 Å². The molecule has 110 valence electrons. The molecule has 0 radical (unpaired) electrons. The zero-order valence-corrected chi connectivity index (χ0v) is 13.3. The fourth-order valence-electron chi connectivity index (χ4n) is 1.39. The average Bonchev–Trinajstić information content (AvgIpc) is 2.33. The Morgan fingerprint density at radius 2 is 2.10 bits per heavy atom. The van der Waals surface area contributed by atoms with Crippen LogP contribution in [0.3, 0.4) is 0 Å². The number of rotatable bonds is 5. The highest BCUT2D eigenvalue weighted by Crippen LogP contribution is 2.27. The highest BCUT2D eigenvalue weighted by Gasteiger charge is 2.15. The Bertz CT molecular complexity index is 483. The first-order valence-electron chi connectivity index (χ1n) is 6.17. The summed E-state index contributed by atoms with van der Waals surface area (Å²) in [4.78, 5) is 22.3. The van der Waals surface area contributed by atoms with Crippen molar-refractivity contribution in [1.82, 2.24) is 5.32 Å². The maximum atomic E-state index is 11.4. The standard InChI is InChI=1S/C14H18BrNO4/c1-14(2,3)20-13(18)16-7-8-19-12-10(9-17)5-4-6-11(12)15/h4-6,9H,7-8H2,1-3H3,(H,16,18). The van der Waals surface area contributed by atoms with Crippen LogP contribution in [0.5, 0.6) is 5.75 Å². The Labute approximate surface area is 126 Å². The van der Waals surface area contributed by atoms with E-state index in [0.717, 1.165) is 6.29 Å². The summed E-state index contributed by atoms with van der Waals surface area (Å²) in [6.07, 6.45) is 0.227. The van der Waals surface area contributed by atoms with E-state index in [2.05, 4.69) is 21.2 Å². The molecule has 0 saturated heterocycles. The third-order valence-electron chi connectivity index (χ3n) is 2.14. The first-order chi connectivity index (χ1) is 9.33. The summed E-state index contributed by atoms with van der Waals surface area (Å²) in [5.74, 6) is 0.466. The van der Waals surface area contributed by atoms with Crippen LogP contribution in [0.25, 0.3) is 0 Å². The summed E-state index contributed by atoms with van der Waals surface area (Å²) in [6, 6.07) is 5.19. The SMILES string of the molecule is CC(C)(C)OC(=O)NCCOc1c(Br)cccc1C=O. The molecular formula is C14H18BrNO4. The van der Waals surface area contributed by atoms with Crippen LogP contribution in [0, 0.1) is 0 Å². The molecule has 0 atom stereocenters. The van der Waals surface area contributed by atoms with Crippen LogP contribution in [0.4, 0.5) is 4.79 Å². The molecule has 0 fully saturated rings. The molecule has 0 unspecified atom stereocenters. The highest BCUT2D eigenvalue weighted by molar-refractivity contribution is 9.10. The Balaban J connectivity index is 2.42. The summed E-state index contributed by atoms with van der Waals surface area (Å²) in [7, 11) is 0. The third kappa shape index (κ3) is 5.61. The van der Waals surface area contributed by atoms with Crippen molar-refractivity contribution in [1.29, 1.82) is 0 Å². The van der Waals surface area contributed by atoms with Gasteiger partial charge in [0, 0.05) is 0 Å². The van der Waals surface area contributed by atoms with Crippen molar-refractivity contribution in [3.8, 4) is 5.75 Å². The Morgan fingerprint density at radius 3 is 2.70 bits per heavy atom. The predicted octanol–water partition coefficient (Wildman–Crippen LogP) is 3.17. The third-order valence-corrected chi connectivity index (χ3v) is 2.77. The van der Waals surface area contributed by atoms with Crippen molar-refractivity contribution in [2.45, 2.75) is 26.4 Å². The second kappa shape index (κ2) is 7.28. The zero-order chi connectivity index (χ0) is 15.2. The molecule has 1 N–H and O–H groups in total. The number of ether oxygens (including phenoxy) is 2. The second-order valence-electron chi connectivity index (χ2n) is 5.05. The number of carbonyl (C=O) groups excluding carboxylic acids is 2. The second-order valence-corrected chi connectivity index (χ2v) is 5.91. The molecule has 1 amide bonds. The molecule has 0 bridgehead atoms. The Kier molecular flexibility index (Phi) is 6.01. The molecule has 0 aliphatic heterocycles. The number of benzene rings is 1. The minimum Gasteiger partial charge on any atom is -0.490 e. The van der Waals surface area contributed by atoms with Crippen molar-refractivity contribution in [2.24, 2.45) is 0 Å². The Morgan fingerprint density at radius 1 is 1.40 bits per heavy atom. The molecule has 6 heteroatoms. The van der Waals surface area contributed by atoms with Crippen LogP contribution in [-0.4, -0.2) is 31.1 Å². The van der Waals surface area contributed by atoms with Crippen molar-refractivity contribution in [3.05, 3.63) is 28.2 Å². The summed E-state index contributed by atoms with van der Waals surface area (Å²) in [5, 5.41) is 2.58. The monoisotopic (exact) mass is 343 g/mol. The minimum atomic E-state index is -0.530. The van der Waals surface area contributed by atoms with Crippen LogP contribution < -0.4 is 10.1 Å². The van der Waals surface area contributed by atoms with Gasteiger partial charge in [-0.2, -0.15) is 0 Å². The van der Waals surface area contributed by atoms with Crippen molar-refractivity contribution >= 4 is 28.3 Å². The lowest BCUT2D eigenvalue weighted by molar-refractivity contribution is 0.0520. The molecule has 0 spiro atoms. The van der Waals surface area contributed by atoms with Gasteiger partial charge in [-0.15, -0.1) is 0 Å². The number of amides is 1. The van der Waals surface area contributed by atoms with E-state index in [1.54, 1.807) is 39.0 Å². The first-order valence-corrected chi connectivity index (χ1v) is 6.96. The smallest absolute Gasteiger partial charge is 0.407 e. The maximum absolute atomic E-state index is 11.4. The largest absolute Gasteiger partial charge is 0.490 e. The lowest BCUT2D eigenvalue weighted by Gasteiger charge is -2.19. The van der Waals surface area contributed by atoms with E-state index in [-0.39, 0.29) is 13.2 Å². The lowest BCUT2D eigenvalue weighted by atomic mass is 10.2. The summed E-state index contributed by atoms with van der Waals surface area (Å²) < 4.78 is 11.3. The minimum absolute atomic E-state index is 0.239. The van der Waals surface area contributed by atoms with Crippen molar-refractivity contribution < 1.29 is 19.1 Å². The van der Waals surface area contributed by atoms with Crippen LogP contribution >= 0.6 is 15.9 Å². The zero-order valence-electron chi connectivity index (χ0n) is 11.7. The average molecular weight is 344 g/mol. The van der Waals surface area contributed by atoms with Gasteiger partial charge in [-0.3, -0.25) is 4.79 Å². The van der Waals surface area contributed by atoms with Gasteiger partial charge in [0.05, 0.1) is 16.6 Å². The quantitative estimate of drug-likeness (QED) is 0.658. The molecule has 1 aromatic rings. The molecule has 0 aromatic heterocycles. The van der Waals surface area contributed by atoms with Gasteiger partial charge in [0.15, 0.2) is 6.29 Å². The summed E-state index contributed by atoms with van der Waals surface area (Å²) >= 11 is 3.31. The predicted molar refractivity (Wildman–Crippen MR) is 79.3 cm³/mol. The fraction of sp³-hybridized carbons (Fsp3) is 0.429. The number of hydrogen-bond acceptors (Lipinski definition) is 4. The van der Waals surface area contributed by atoms with Gasteiger partial charge < -0.3 is 14.8 Å². The van der Waals surface area contributed by atoms with Gasteiger partial charge in [0.25, 0.3) is 0 Å². The molecule has 5 nitrogen and oxygen atoms in total. The first kappa shape index (κ1) is 16.5. The molecule has 0 aliphatic rings. The maximum Gasteiger partial charge on any atom is 0.407 e. The summed E-state index contributed by atoms with van der Waals surface area (Å²) in [6.45, 7) is 5.90. The number of nitrogens with one attached hydrogen (secondary N) is 1. The number of aldehydes is 1. The van der Waals surface area contributed by atoms with E-state index in [4.69, 9.17) is 9.47 Å². The van der Waals surface area contributed by atoms with Crippen LogP contribution in [-0.2, 0) is 4.74 Å². The number of carbonyl (C=O) groups is 2. The number of hydrogen-bond donors (Lipinski definition) is 1. The molecule has 0 heterocycles. The van der Waals surface area contributed by atoms with E-state index in [1.807, 2.05) is 0 Å². The number of para-hydroxylation sites is 1. The highest BCUT2D eigenvalue weighted by atomic mass is 79.9. The summed E-state index contributed by atoms with van der Waals surface area (Å²) in [5.41, 5.74) is -0.0745. The number of halogens is 1. The van der Waals surface area contributed by atoms with E-state index in [9.17, 15) is 9.59 Å². The van der Waals surface area contributed by atoms with Crippen LogP contribution in [0.2, 0.25) is 0 Å². The topological polar surface area (TPSA) is 64.6 Å². The van der Waals surface area contributed by atoms with E-state index < -0.39 is 11.7 Å². The molecule has 1 aromatic carbocycles. The van der Waals surface area contributed by atoms with Gasteiger partial charge in [-0.25, -0.2) is 4.79 Å². The van der Waals surface area contributed by atoms with E-state index >= 15 is 0 Å². The van der Waals surface area contributed by atoms with Gasteiger partial charge in [-0.05, 0) is 48.8 Å². The fourth-order valence-corrected chi connectivity index (χ4v) is 1.89. The van der Waals surface area contributed by atoms with Crippen molar-refractivity contribution in [2.75, 3.05) is 13.2 Å². The van der Waals surface area contributed by atoms with Crippen molar-refractivity contribution in [3.63, 3.8) is 0 Å². The molecule has 0 saturated carbocycles. The van der Waals surface area contributed by atoms with Gasteiger partial charge in [0.1, 0.15) is 18.0 Å². The van der Waals surface area contributed by atoms with Gasteiger partial charge in [0.2, 0.25) is 0 Å². The van der Waals surface area contributed by atoms with Crippen LogP contribution in [0.1, 0.15) is 31.1 Å². The molecule has 1 rings (SSSR count). The Hall–Kier alpha value is -1.56. The molecular weight excluding hydrogens is 326 g/mol. The van der Waals surface area contributed by atoms with Crippen LogP contribution in [0.15, 0.2) is 22.7 Å². The number of alkyl carbamates (subject to hydrolysis) is 1. The normalized spacial score (nSPS) is 10.8. The van der Waals surface area contributed by atoms with Gasteiger partial charge >= 0.3 is 6.09 Å². The van der Waals surface area contributed by atoms with E-state index in [1.165, 1.54) is 0 Å². The molecule has 20 heavy (non-hydrogen) atoms. The lowest BCUT2D eigenvalue weighted by Crippen LogP contribution is -2.34. The van der Waals surface area contributed by atoms with Gasteiger partial charge in [-0.1, -0.05) is 6.07 Å².